The Hall–Kier alpha value is -1.66. The number of hydrogen-bond acceptors (Lipinski definition) is 3. The van der Waals surface area contributed by atoms with Crippen LogP contribution in [-0.4, -0.2) is 36.5 Å². The van der Waals surface area contributed by atoms with E-state index in [2.05, 4.69) is 66.9 Å². The Kier molecular flexibility index (Phi) is 4.04. The van der Waals surface area contributed by atoms with Crippen LogP contribution < -0.4 is 15.8 Å². The minimum atomic E-state index is -1.46. The average Bonchev–Trinajstić information content (AvgIpc) is 2.98. The summed E-state index contributed by atoms with van der Waals surface area (Å²) in [4.78, 5) is 17.7. The second-order valence-electron chi connectivity index (χ2n) is 9.56. The van der Waals surface area contributed by atoms with Gasteiger partial charge in [0.05, 0.1) is 25.3 Å². The van der Waals surface area contributed by atoms with Crippen LogP contribution in [0.1, 0.15) is 26.1 Å². The fraction of sp³-hybridized carbons (Fsp3) is 0.600. The van der Waals surface area contributed by atoms with Crippen molar-refractivity contribution in [1.82, 2.24) is 20.0 Å². The molecule has 0 spiro atoms. The van der Waals surface area contributed by atoms with Gasteiger partial charge in [0.1, 0.15) is 5.82 Å². The second kappa shape index (κ2) is 5.92. The predicted molar refractivity (Wildman–Crippen MR) is 107 cm³/mol. The lowest BCUT2D eigenvalue weighted by atomic mass is 9.61. The molecule has 5 nitrogen and oxygen atoms in total. The highest BCUT2D eigenvalue weighted by molar-refractivity contribution is 6.90. The van der Waals surface area contributed by atoms with Crippen molar-refractivity contribution in [3.05, 3.63) is 30.4 Å². The van der Waals surface area contributed by atoms with Gasteiger partial charge in [-0.2, -0.15) is 0 Å². The fourth-order valence-electron chi connectivity index (χ4n) is 4.74. The molecule has 6 heteroatoms. The summed E-state index contributed by atoms with van der Waals surface area (Å²) in [7, 11) is -1.46. The van der Waals surface area contributed by atoms with Gasteiger partial charge in [-0.05, 0) is 56.4 Å². The van der Waals surface area contributed by atoms with E-state index in [-0.39, 0.29) is 11.8 Å². The molecule has 3 heterocycles. The molecule has 2 N–H and O–H groups in total. The zero-order valence-electron chi connectivity index (χ0n) is 16.5. The van der Waals surface area contributed by atoms with Crippen molar-refractivity contribution in [1.29, 1.82) is 0 Å². The first kappa shape index (κ1) is 17.7. The van der Waals surface area contributed by atoms with E-state index >= 15 is 0 Å². The van der Waals surface area contributed by atoms with Crippen molar-refractivity contribution < 1.29 is 4.79 Å². The van der Waals surface area contributed by atoms with Crippen LogP contribution in [0.15, 0.2) is 24.5 Å². The van der Waals surface area contributed by atoms with Crippen LogP contribution in [0, 0.1) is 17.8 Å². The van der Waals surface area contributed by atoms with Crippen LogP contribution in [0.4, 0.5) is 0 Å². The Labute approximate surface area is 156 Å². The van der Waals surface area contributed by atoms with E-state index in [9.17, 15) is 4.79 Å². The van der Waals surface area contributed by atoms with Crippen LogP contribution >= 0.6 is 0 Å². The molecular formula is C20H30N4OSi. The summed E-state index contributed by atoms with van der Waals surface area (Å²) >= 11 is 0. The Morgan fingerprint density at radius 3 is 2.62 bits per heavy atom. The molecule has 2 aliphatic rings. The van der Waals surface area contributed by atoms with Crippen LogP contribution in [0.5, 0.6) is 0 Å². The maximum Gasteiger partial charge on any atom is 0.224 e. The zero-order valence-corrected chi connectivity index (χ0v) is 17.5. The first-order valence-electron chi connectivity index (χ1n) is 9.68. The fourth-order valence-corrected chi connectivity index (χ4v) is 6.29. The number of carbonyl (C=O) groups excluding carboxylic acids is 1. The third-order valence-corrected chi connectivity index (χ3v) is 8.15. The molecule has 2 aromatic heterocycles. The van der Waals surface area contributed by atoms with Gasteiger partial charge >= 0.3 is 0 Å². The minimum Gasteiger partial charge on any atom is -0.344 e. The van der Waals surface area contributed by atoms with Gasteiger partial charge in [0.2, 0.25) is 5.91 Å². The Balaban J connectivity index is 1.63. The van der Waals surface area contributed by atoms with E-state index in [1.165, 1.54) is 17.1 Å². The maximum absolute atomic E-state index is 12.9. The number of pyridine rings is 1. The summed E-state index contributed by atoms with van der Waals surface area (Å²) in [6.07, 6.45) is 5.23. The predicted octanol–water partition coefficient (Wildman–Crippen LogP) is 2.09. The SMILES string of the molecule is CC(C)(NC(=O)C1C2CNCC1C2)c1ncc2c([Si](C)(C)C)cccn12. The molecule has 0 radical (unpaired) electrons. The van der Waals surface area contributed by atoms with E-state index in [1.54, 1.807) is 0 Å². The Bertz CT molecular complexity index is 837. The molecule has 26 heavy (non-hydrogen) atoms. The molecule has 1 saturated carbocycles. The summed E-state index contributed by atoms with van der Waals surface area (Å²) < 4.78 is 2.16. The number of amides is 1. The molecule has 2 unspecified atom stereocenters. The molecular weight excluding hydrogens is 340 g/mol. The highest BCUT2D eigenvalue weighted by atomic mass is 28.3. The maximum atomic E-state index is 12.9. The van der Waals surface area contributed by atoms with E-state index in [0.717, 1.165) is 18.9 Å². The molecule has 2 atom stereocenters. The largest absolute Gasteiger partial charge is 0.344 e. The second-order valence-corrected chi connectivity index (χ2v) is 14.6. The minimum absolute atomic E-state index is 0.166. The van der Waals surface area contributed by atoms with Crippen molar-refractivity contribution in [2.75, 3.05) is 13.1 Å². The number of hydrogen-bond donors (Lipinski definition) is 2. The number of fused-ring (bicyclic) bond motifs is 3. The molecule has 4 rings (SSSR count). The van der Waals surface area contributed by atoms with Crippen molar-refractivity contribution in [2.45, 2.75) is 45.4 Å². The Morgan fingerprint density at radius 1 is 1.31 bits per heavy atom. The van der Waals surface area contributed by atoms with Gasteiger partial charge in [0, 0.05) is 12.1 Å². The first-order chi connectivity index (χ1) is 12.2. The summed E-state index contributed by atoms with van der Waals surface area (Å²) in [5, 5.41) is 8.12. The summed E-state index contributed by atoms with van der Waals surface area (Å²) in [6, 6.07) is 4.33. The number of imidazole rings is 1. The third-order valence-electron chi connectivity index (χ3n) is 6.11. The molecule has 2 fully saturated rings. The van der Waals surface area contributed by atoms with Gasteiger partial charge in [-0.15, -0.1) is 0 Å². The lowest BCUT2D eigenvalue weighted by Gasteiger charge is -2.49. The normalized spacial score (nSPS) is 25.8. The van der Waals surface area contributed by atoms with Crippen molar-refractivity contribution in [3.63, 3.8) is 0 Å². The van der Waals surface area contributed by atoms with Crippen LogP contribution in [0.3, 0.4) is 0 Å². The van der Waals surface area contributed by atoms with Gasteiger partial charge in [-0.1, -0.05) is 25.7 Å². The number of rotatable bonds is 4. The van der Waals surface area contributed by atoms with Crippen LogP contribution in [0.2, 0.25) is 19.6 Å². The van der Waals surface area contributed by atoms with Crippen LogP contribution in [0.25, 0.3) is 5.52 Å². The topological polar surface area (TPSA) is 58.4 Å². The Morgan fingerprint density at radius 2 is 2.00 bits per heavy atom. The zero-order chi connectivity index (χ0) is 18.7. The summed E-state index contributed by atoms with van der Waals surface area (Å²) in [5.74, 6) is 2.26. The van der Waals surface area contributed by atoms with E-state index in [0.29, 0.717) is 11.8 Å². The standard InChI is InChI=1S/C20H30N4OSi/c1-20(2,23-18(25)17-13-9-14(17)11-21-10-13)19-22-12-15-16(26(3,4)5)7-6-8-24(15)19/h6-8,12-14,17,21H,9-11H2,1-5H3,(H,23,25). The van der Waals surface area contributed by atoms with Gasteiger partial charge in [-0.25, -0.2) is 4.98 Å². The van der Waals surface area contributed by atoms with Crippen LogP contribution in [-0.2, 0) is 10.3 Å². The highest BCUT2D eigenvalue weighted by Gasteiger charge is 2.48. The number of carbonyl (C=O) groups is 1. The molecule has 2 bridgehead atoms. The summed E-state index contributed by atoms with van der Waals surface area (Å²) in [6.45, 7) is 13.1. The lowest BCUT2D eigenvalue weighted by Crippen LogP contribution is -2.60. The third kappa shape index (κ3) is 2.79. The van der Waals surface area contributed by atoms with E-state index < -0.39 is 13.6 Å². The molecule has 1 aliphatic heterocycles. The molecule has 1 amide bonds. The average molecular weight is 371 g/mol. The first-order valence-corrected chi connectivity index (χ1v) is 13.2. The summed E-state index contributed by atoms with van der Waals surface area (Å²) in [5.41, 5.74) is 0.674. The lowest BCUT2D eigenvalue weighted by molar-refractivity contribution is -0.138. The number of nitrogens with zero attached hydrogens (tertiary/aromatic N) is 2. The molecule has 0 aromatic carbocycles. The van der Waals surface area contributed by atoms with E-state index in [1.807, 2.05) is 6.20 Å². The van der Waals surface area contributed by atoms with Crippen molar-refractivity contribution in [2.24, 2.45) is 17.8 Å². The number of aromatic nitrogens is 2. The molecule has 1 aliphatic carbocycles. The molecule has 2 aromatic rings. The van der Waals surface area contributed by atoms with Gasteiger partial charge in [0.15, 0.2) is 0 Å². The van der Waals surface area contributed by atoms with Gasteiger partial charge in [0.25, 0.3) is 0 Å². The van der Waals surface area contributed by atoms with E-state index in [4.69, 9.17) is 4.98 Å². The highest BCUT2D eigenvalue weighted by Crippen LogP contribution is 2.43. The monoisotopic (exact) mass is 370 g/mol. The molecule has 140 valence electrons. The number of piperidine rings is 2. The van der Waals surface area contributed by atoms with Crippen molar-refractivity contribution >= 4 is 24.7 Å². The smallest absolute Gasteiger partial charge is 0.224 e. The van der Waals surface area contributed by atoms with Crippen molar-refractivity contribution in [3.8, 4) is 0 Å². The molecule has 1 saturated heterocycles. The van der Waals surface area contributed by atoms with Gasteiger partial charge in [-0.3, -0.25) is 4.79 Å². The quantitative estimate of drug-likeness (QED) is 0.810. The van der Waals surface area contributed by atoms with Gasteiger partial charge < -0.3 is 15.0 Å². The number of nitrogens with one attached hydrogen (secondary N) is 2.